The van der Waals surface area contributed by atoms with Gasteiger partial charge in [-0.1, -0.05) is 31.0 Å². The second kappa shape index (κ2) is 8.26. The van der Waals surface area contributed by atoms with Crippen molar-refractivity contribution < 1.29 is 14.7 Å². The second-order valence-electron chi connectivity index (χ2n) is 4.46. The van der Waals surface area contributed by atoms with Crippen LogP contribution in [0.2, 0.25) is 0 Å². The SMILES string of the molecule is N[C@@H](CCCCCC(=O)Nc1ccccc1)C(=O)O. The van der Waals surface area contributed by atoms with Crippen molar-refractivity contribution in [2.75, 3.05) is 5.32 Å². The highest BCUT2D eigenvalue weighted by molar-refractivity contribution is 5.90. The van der Waals surface area contributed by atoms with E-state index in [4.69, 9.17) is 10.8 Å². The Morgan fingerprint density at radius 1 is 1.16 bits per heavy atom. The fraction of sp³-hybridized carbons (Fsp3) is 0.429. The number of benzene rings is 1. The van der Waals surface area contributed by atoms with Gasteiger partial charge in [-0.25, -0.2) is 0 Å². The van der Waals surface area contributed by atoms with Gasteiger partial charge in [-0.2, -0.15) is 0 Å². The van der Waals surface area contributed by atoms with Crippen molar-refractivity contribution in [3.63, 3.8) is 0 Å². The van der Waals surface area contributed by atoms with Gasteiger partial charge < -0.3 is 16.2 Å². The molecule has 0 saturated carbocycles. The number of carboxylic acid groups (broad SMARTS) is 1. The summed E-state index contributed by atoms with van der Waals surface area (Å²) in [5, 5.41) is 11.4. The molecule has 0 unspecified atom stereocenters. The maximum Gasteiger partial charge on any atom is 0.320 e. The Morgan fingerprint density at radius 3 is 2.47 bits per heavy atom. The molecule has 5 heteroatoms. The molecule has 1 rings (SSSR count). The first-order valence-corrected chi connectivity index (χ1v) is 6.43. The Kier molecular flexibility index (Phi) is 6.60. The molecule has 0 fully saturated rings. The zero-order valence-electron chi connectivity index (χ0n) is 10.8. The number of carboxylic acids is 1. The standard InChI is InChI=1S/C14H20N2O3/c15-12(14(18)19)9-5-2-6-10-13(17)16-11-7-3-1-4-8-11/h1,3-4,7-8,12H,2,5-6,9-10,15H2,(H,16,17)(H,18,19)/t12-/m0/s1. The highest BCUT2D eigenvalue weighted by Crippen LogP contribution is 2.09. The van der Waals surface area contributed by atoms with Gasteiger partial charge in [0.15, 0.2) is 0 Å². The van der Waals surface area contributed by atoms with Crippen molar-refractivity contribution in [1.82, 2.24) is 0 Å². The Balaban J connectivity index is 2.10. The number of carbonyl (C=O) groups is 2. The van der Waals surface area contributed by atoms with E-state index >= 15 is 0 Å². The van der Waals surface area contributed by atoms with Gasteiger partial charge >= 0.3 is 5.97 Å². The summed E-state index contributed by atoms with van der Waals surface area (Å²) in [4.78, 5) is 22.1. The molecule has 0 aromatic heterocycles. The lowest BCUT2D eigenvalue weighted by Crippen LogP contribution is -2.29. The van der Waals surface area contributed by atoms with Crippen molar-refractivity contribution in [3.05, 3.63) is 30.3 Å². The maximum absolute atomic E-state index is 11.6. The summed E-state index contributed by atoms with van der Waals surface area (Å²) in [6.45, 7) is 0. The van der Waals surface area contributed by atoms with Crippen LogP contribution in [0.5, 0.6) is 0 Å². The van der Waals surface area contributed by atoms with Gasteiger partial charge in [0.05, 0.1) is 0 Å². The van der Waals surface area contributed by atoms with Crippen LogP contribution < -0.4 is 11.1 Å². The molecular weight excluding hydrogens is 244 g/mol. The number of nitrogens with one attached hydrogen (secondary N) is 1. The van der Waals surface area contributed by atoms with Crippen LogP contribution >= 0.6 is 0 Å². The average Bonchev–Trinajstić information content (AvgIpc) is 2.39. The fourth-order valence-electron chi connectivity index (χ4n) is 1.70. The van der Waals surface area contributed by atoms with Crippen LogP contribution in [0.15, 0.2) is 30.3 Å². The van der Waals surface area contributed by atoms with E-state index in [1.807, 2.05) is 30.3 Å². The van der Waals surface area contributed by atoms with Crippen LogP contribution in [0.25, 0.3) is 0 Å². The number of para-hydroxylation sites is 1. The van der Waals surface area contributed by atoms with Gasteiger partial charge in [0.2, 0.25) is 5.91 Å². The van der Waals surface area contributed by atoms with E-state index in [1.165, 1.54) is 0 Å². The predicted molar refractivity (Wildman–Crippen MR) is 73.8 cm³/mol. The molecule has 0 bridgehead atoms. The molecule has 1 aromatic rings. The molecule has 0 heterocycles. The van der Waals surface area contributed by atoms with E-state index in [0.717, 1.165) is 24.9 Å². The zero-order valence-corrected chi connectivity index (χ0v) is 10.8. The number of nitrogens with two attached hydrogens (primary N) is 1. The first-order chi connectivity index (χ1) is 9.09. The minimum absolute atomic E-state index is 0.0197. The molecular formula is C14H20N2O3. The molecule has 0 radical (unpaired) electrons. The van der Waals surface area contributed by atoms with Crippen LogP contribution in [0.3, 0.4) is 0 Å². The van der Waals surface area contributed by atoms with Gasteiger partial charge in [0, 0.05) is 12.1 Å². The van der Waals surface area contributed by atoms with Gasteiger partial charge in [-0.15, -0.1) is 0 Å². The zero-order chi connectivity index (χ0) is 14.1. The Bertz CT molecular complexity index is 406. The molecule has 0 aliphatic heterocycles. The van der Waals surface area contributed by atoms with Gasteiger partial charge in [-0.05, 0) is 25.0 Å². The summed E-state index contributed by atoms with van der Waals surface area (Å²) in [7, 11) is 0. The van der Waals surface area contributed by atoms with Gasteiger partial charge in [-0.3, -0.25) is 9.59 Å². The predicted octanol–water partition coefficient (Wildman–Crippen LogP) is 1.99. The molecule has 0 saturated heterocycles. The molecule has 1 aromatic carbocycles. The third-order valence-electron chi connectivity index (χ3n) is 2.79. The number of unbranched alkanes of at least 4 members (excludes halogenated alkanes) is 2. The van der Waals surface area contributed by atoms with Crippen molar-refractivity contribution >= 4 is 17.6 Å². The van der Waals surface area contributed by atoms with Crippen molar-refractivity contribution in [2.45, 2.75) is 38.1 Å². The first-order valence-electron chi connectivity index (χ1n) is 6.43. The van der Waals surface area contributed by atoms with E-state index in [9.17, 15) is 9.59 Å². The third kappa shape index (κ3) is 6.57. The molecule has 5 nitrogen and oxygen atoms in total. The van der Waals surface area contributed by atoms with Crippen molar-refractivity contribution in [3.8, 4) is 0 Å². The van der Waals surface area contributed by atoms with E-state index in [2.05, 4.69) is 5.32 Å². The van der Waals surface area contributed by atoms with Crippen LogP contribution in [-0.4, -0.2) is 23.0 Å². The highest BCUT2D eigenvalue weighted by Gasteiger charge is 2.10. The van der Waals surface area contributed by atoms with Crippen LogP contribution in [0.1, 0.15) is 32.1 Å². The lowest BCUT2D eigenvalue weighted by Gasteiger charge is -2.06. The molecule has 0 spiro atoms. The smallest absolute Gasteiger partial charge is 0.320 e. The monoisotopic (exact) mass is 264 g/mol. The fourth-order valence-corrected chi connectivity index (χ4v) is 1.70. The lowest BCUT2D eigenvalue weighted by atomic mass is 10.1. The summed E-state index contributed by atoms with van der Waals surface area (Å²) in [5.41, 5.74) is 6.17. The number of amides is 1. The Morgan fingerprint density at radius 2 is 1.84 bits per heavy atom. The van der Waals surface area contributed by atoms with Crippen LogP contribution in [0.4, 0.5) is 5.69 Å². The lowest BCUT2D eigenvalue weighted by molar-refractivity contribution is -0.138. The summed E-state index contributed by atoms with van der Waals surface area (Å²) in [5.74, 6) is -0.990. The minimum Gasteiger partial charge on any atom is -0.480 e. The number of carbonyl (C=O) groups excluding carboxylic acids is 1. The van der Waals surface area contributed by atoms with E-state index < -0.39 is 12.0 Å². The highest BCUT2D eigenvalue weighted by atomic mass is 16.4. The quantitative estimate of drug-likeness (QED) is 0.626. The third-order valence-corrected chi connectivity index (χ3v) is 2.79. The van der Waals surface area contributed by atoms with E-state index in [-0.39, 0.29) is 5.91 Å². The molecule has 0 aliphatic carbocycles. The number of aliphatic carboxylic acids is 1. The minimum atomic E-state index is -0.971. The first kappa shape index (κ1) is 15.2. The van der Waals surface area contributed by atoms with E-state index in [0.29, 0.717) is 12.8 Å². The van der Waals surface area contributed by atoms with E-state index in [1.54, 1.807) is 0 Å². The number of rotatable bonds is 8. The normalized spacial score (nSPS) is 11.8. The van der Waals surface area contributed by atoms with Gasteiger partial charge in [0.1, 0.15) is 6.04 Å². The number of anilines is 1. The summed E-state index contributed by atoms with van der Waals surface area (Å²) in [6, 6.07) is 8.50. The Hall–Kier alpha value is -1.88. The van der Waals surface area contributed by atoms with Gasteiger partial charge in [0.25, 0.3) is 0 Å². The topological polar surface area (TPSA) is 92.4 Å². The number of hydrogen-bond donors (Lipinski definition) is 3. The van der Waals surface area contributed by atoms with Crippen molar-refractivity contribution in [2.24, 2.45) is 5.73 Å². The van der Waals surface area contributed by atoms with Crippen LogP contribution in [-0.2, 0) is 9.59 Å². The molecule has 4 N–H and O–H groups in total. The molecule has 19 heavy (non-hydrogen) atoms. The largest absolute Gasteiger partial charge is 0.480 e. The number of hydrogen-bond acceptors (Lipinski definition) is 3. The second-order valence-corrected chi connectivity index (χ2v) is 4.46. The molecule has 1 atom stereocenters. The summed E-state index contributed by atoms with van der Waals surface area (Å²) < 4.78 is 0. The van der Waals surface area contributed by atoms with Crippen molar-refractivity contribution in [1.29, 1.82) is 0 Å². The molecule has 1 amide bonds. The summed E-state index contributed by atoms with van der Waals surface area (Å²) in [6.07, 6.45) is 3.17. The van der Waals surface area contributed by atoms with Crippen LogP contribution in [0, 0.1) is 0 Å². The molecule has 104 valence electrons. The average molecular weight is 264 g/mol. The summed E-state index contributed by atoms with van der Waals surface area (Å²) >= 11 is 0. The molecule has 0 aliphatic rings. The maximum atomic E-state index is 11.6. The Labute approximate surface area is 112 Å².